The summed E-state index contributed by atoms with van der Waals surface area (Å²) in [5.74, 6) is 4.41. The second kappa shape index (κ2) is 20.5. The largest absolute Gasteiger partial charge is 0.490 e. The average Bonchev–Trinajstić information content (AvgIpc) is 3.07. The molecule has 0 fully saturated rings. The van der Waals surface area contributed by atoms with Crippen LogP contribution in [0.4, 0.5) is 0 Å². The van der Waals surface area contributed by atoms with Crippen LogP contribution in [0.1, 0.15) is 144 Å². The number of aromatic nitrogens is 4. The molecule has 4 aromatic rings. The number of hydrogen-bond acceptors (Lipinski definition) is 6. The Morgan fingerprint density at radius 2 is 0.812 bits per heavy atom. The highest BCUT2D eigenvalue weighted by atomic mass is 16.5. The summed E-state index contributed by atoms with van der Waals surface area (Å²) in [4.78, 5) is 19.2. The van der Waals surface area contributed by atoms with Crippen molar-refractivity contribution in [3.63, 3.8) is 0 Å². The first kappa shape index (κ1) is 37.8. The molecule has 0 bridgehead atoms. The summed E-state index contributed by atoms with van der Waals surface area (Å²) in [6.07, 6.45) is 20.6. The maximum atomic E-state index is 6.45. The first-order chi connectivity index (χ1) is 23.4. The van der Waals surface area contributed by atoms with Crippen molar-refractivity contribution in [1.29, 1.82) is 0 Å². The Labute approximate surface area is 291 Å². The molecule has 4 unspecified atom stereocenters. The topological polar surface area (TPSA) is 70.0 Å². The Morgan fingerprint density at radius 3 is 1.21 bits per heavy atom. The van der Waals surface area contributed by atoms with Gasteiger partial charge in [-0.1, -0.05) is 144 Å². The van der Waals surface area contributed by atoms with Gasteiger partial charge in [-0.05, 0) is 48.6 Å². The Bertz CT molecular complexity index is 1400. The maximum absolute atomic E-state index is 6.45. The predicted molar refractivity (Wildman–Crippen MR) is 203 cm³/mol. The van der Waals surface area contributed by atoms with Crippen molar-refractivity contribution >= 4 is 33.4 Å². The van der Waals surface area contributed by atoms with Crippen molar-refractivity contribution in [2.75, 3.05) is 13.2 Å². The smallest absolute Gasteiger partial charge is 0.199 e. The zero-order valence-electron chi connectivity index (χ0n) is 31.1. The second-order valence-corrected chi connectivity index (χ2v) is 14.9. The maximum Gasteiger partial charge on any atom is 0.199 e. The molecule has 2 heterocycles. The molecule has 0 aliphatic rings. The van der Waals surface area contributed by atoms with Crippen molar-refractivity contribution in [1.82, 2.24) is 19.9 Å². The van der Waals surface area contributed by atoms with E-state index in [9.17, 15) is 0 Å². The van der Waals surface area contributed by atoms with Crippen LogP contribution in [0.3, 0.4) is 0 Å². The highest BCUT2D eigenvalue weighted by molar-refractivity contribution is 5.89. The molecule has 0 radical (unpaired) electrons. The van der Waals surface area contributed by atoms with Crippen molar-refractivity contribution in [2.24, 2.45) is 23.7 Å². The molecule has 4 atom stereocenters. The SMILES string of the molecule is CCCCCC(C)CCCC(C)CCOc1cc2nc3nc4ccccc4nc3nc2cc1OCCC(C)CCCC(C)CCCCC. The lowest BCUT2D eigenvalue weighted by Gasteiger charge is -2.18. The van der Waals surface area contributed by atoms with E-state index in [1.54, 1.807) is 0 Å². The van der Waals surface area contributed by atoms with E-state index in [0.717, 1.165) is 58.2 Å². The van der Waals surface area contributed by atoms with Crippen molar-refractivity contribution in [3.8, 4) is 11.5 Å². The molecule has 48 heavy (non-hydrogen) atoms. The molecular weight excluding hydrogens is 592 g/mol. The van der Waals surface area contributed by atoms with E-state index in [-0.39, 0.29) is 0 Å². The fourth-order valence-electron chi connectivity index (χ4n) is 6.74. The van der Waals surface area contributed by atoms with Gasteiger partial charge >= 0.3 is 0 Å². The van der Waals surface area contributed by atoms with Crippen LogP contribution in [-0.2, 0) is 0 Å². The minimum Gasteiger partial charge on any atom is -0.490 e. The number of fused-ring (bicyclic) bond motifs is 3. The van der Waals surface area contributed by atoms with Crippen LogP contribution in [-0.4, -0.2) is 33.1 Å². The minimum absolute atomic E-state index is 0.548. The molecule has 4 rings (SSSR count). The van der Waals surface area contributed by atoms with Gasteiger partial charge in [0.15, 0.2) is 22.8 Å². The summed E-state index contributed by atoms with van der Waals surface area (Å²) in [6.45, 7) is 15.4. The van der Waals surface area contributed by atoms with Crippen LogP contribution < -0.4 is 9.47 Å². The van der Waals surface area contributed by atoms with Gasteiger partial charge in [-0.15, -0.1) is 0 Å². The van der Waals surface area contributed by atoms with Gasteiger partial charge in [-0.3, -0.25) is 0 Å². The Morgan fingerprint density at radius 1 is 0.458 bits per heavy atom. The van der Waals surface area contributed by atoms with Crippen LogP contribution in [0.2, 0.25) is 0 Å². The van der Waals surface area contributed by atoms with Gasteiger partial charge in [-0.2, -0.15) is 0 Å². The lowest BCUT2D eigenvalue weighted by molar-refractivity contribution is 0.237. The first-order valence-electron chi connectivity index (χ1n) is 19.5. The predicted octanol–water partition coefficient (Wildman–Crippen LogP) is 12.3. The van der Waals surface area contributed by atoms with E-state index in [1.165, 1.54) is 89.9 Å². The summed E-state index contributed by atoms with van der Waals surface area (Å²) < 4.78 is 12.9. The van der Waals surface area contributed by atoms with E-state index in [4.69, 9.17) is 29.4 Å². The van der Waals surface area contributed by atoms with E-state index >= 15 is 0 Å². The summed E-state index contributed by atoms with van der Waals surface area (Å²) in [5.41, 5.74) is 4.24. The van der Waals surface area contributed by atoms with E-state index in [0.29, 0.717) is 36.3 Å². The zero-order chi connectivity index (χ0) is 34.1. The molecule has 2 aromatic heterocycles. The first-order valence-corrected chi connectivity index (χ1v) is 19.5. The molecule has 0 saturated carbocycles. The number of nitrogens with zero attached hydrogens (tertiary/aromatic N) is 4. The van der Waals surface area contributed by atoms with E-state index in [1.807, 2.05) is 36.4 Å². The summed E-state index contributed by atoms with van der Waals surface area (Å²) in [6, 6.07) is 11.8. The summed E-state index contributed by atoms with van der Waals surface area (Å²) in [5, 5.41) is 0. The number of para-hydroxylation sites is 2. The monoisotopic (exact) mass is 657 g/mol. The molecule has 0 aliphatic heterocycles. The molecule has 264 valence electrons. The number of hydrogen-bond donors (Lipinski definition) is 0. The average molecular weight is 657 g/mol. The summed E-state index contributed by atoms with van der Waals surface area (Å²) >= 11 is 0. The van der Waals surface area contributed by atoms with Gasteiger partial charge < -0.3 is 9.47 Å². The number of unbranched alkanes of at least 4 members (excludes halogenated alkanes) is 4. The Kier molecular flexibility index (Phi) is 16.1. The lowest BCUT2D eigenvalue weighted by Crippen LogP contribution is -2.09. The third kappa shape index (κ3) is 12.5. The molecule has 0 aliphatic carbocycles. The molecule has 0 N–H and O–H groups in total. The highest BCUT2D eigenvalue weighted by Crippen LogP contribution is 2.33. The summed E-state index contributed by atoms with van der Waals surface area (Å²) in [7, 11) is 0. The van der Waals surface area contributed by atoms with Gasteiger partial charge in [0.1, 0.15) is 0 Å². The molecular formula is C42H64N4O2. The minimum atomic E-state index is 0.548. The van der Waals surface area contributed by atoms with Gasteiger partial charge in [0, 0.05) is 12.1 Å². The number of rotatable bonds is 24. The standard InChI is InChI=1S/C42H64N4O2/c1-7-9-11-17-31(3)19-15-21-33(5)25-27-47-39-29-37-38(46-42-41(45-37)43-35-23-13-14-24-36(35)44-42)30-40(39)48-28-26-34(6)22-16-20-32(4)18-12-10-8-2/h13-14,23-24,29-34H,7-12,15-22,25-28H2,1-6H3. The Hall–Kier alpha value is -3.02. The van der Waals surface area contributed by atoms with Gasteiger partial charge in [0.25, 0.3) is 0 Å². The third-order valence-electron chi connectivity index (χ3n) is 10.2. The number of benzene rings is 2. The van der Waals surface area contributed by atoms with Gasteiger partial charge in [-0.25, -0.2) is 19.9 Å². The third-order valence-corrected chi connectivity index (χ3v) is 10.2. The number of ether oxygens (including phenoxy) is 2. The fourth-order valence-corrected chi connectivity index (χ4v) is 6.74. The van der Waals surface area contributed by atoms with Crippen molar-refractivity contribution in [3.05, 3.63) is 36.4 Å². The second-order valence-electron chi connectivity index (χ2n) is 14.9. The van der Waals surface area contributed by atoms with Crippen LogP contribution in [0.25, 0.3) is 33.4 Å². The molecule has 0 saturated heterocycles. The van der Waals surface area contributed by atoms with Crippen LogP contribution in [0.5, 0.6) is 11.5 Å². The van der Waals surface area contributed by atoms with Crippen molar-refractivity contribution < 1.29 is 9.47 Å². The Balaban J connectivity index is 1.37. The van der Waals surface area contributed by atoms with Crippen LogP contribution in [0.15, 0.2) is 36.4 Å². The fraction of sp³-hybridized carbons (Fsp3) is 0.667. The van der Waals surface area contributed by atoms with Crippen LogP contribution in [0, 0.1) is 23.7 Å². The van der Waals surface area contributed by atoms with Gasteiger partial charge in [0.2, 0.25) is 0 Å². The highest BCUT2D eigenvalue weighted by Gasteiger charge is 2.15. The molecule has 0 spiro atoms. The quantitative estimate of drug-likeness (QED) is 0.0552. The lowest BCUT2D eigenvalue weighted by atomic mass is 9.94. The van der Waals surface area contributed by atoms with Gasteiger partial charge in [0.05, 0.1) is 35.3 Å². The molecule has 6 nitrogen and oxygen atoms in total. The van der Waals surface area contributed by atoms with Crippen LogP contribution >= 0.6 is 0 Å². The van der Waals surface area contributed by atoms with Crippen molar-refractivity contribution in [2.45, 2.75) is 144 Å². The molecule has 0 amide bonds. The van der Waals surface area contributed by atoms with E-state index in [2.05, 4.69) is 41.5 Å². The van der Waals surface area contributed by atoms with E-state index < -0.39 is 0 Å². The molecule has 6 heteroatoms. The normalized spacial score (nSPS) is 14.4. The molecule has 2 aromatic carbocycles. The zero-order valence-corrected chi connectivity index (χ0v) is 31.1.